The summed E-state index contributed by atoms with van der Waals surface area (Å²) in [5.41, 5.74) is -2.49. The molecule has 0 spiro atoms. The topological polar surface area (TPSA) is 97.7 Å². The Kier molecular flexibility index (Phi) is 7.28. The van der Waals surface area contributed by atoms with Crippen molar-refractivity contribution < 1.29 is 31.1 Å². The van der Waals surface area contributed by atoms with Gasteiger partial charge in [0.15, 0.2) is 14.6 Å². The van der Waals surface area contributed by atoms with Gasteiger partial charge in [-0.2, -0.15) is 0 Å². The van der Waals surface area contributed by atoms with Crippen LogP contribution in [-0.4, -0.2) is 47.6 Å². The summed E-state index contributed by atoms with van der Waals surface area (Å²) >= 11 is 3.23. The Hall–Kier alpha value is -2.73. The summed E-state index contributed by atoms with van der Waals surface area (Å²) in [6, 6.07) is 6.80. The van der Waals surface area contributed by atoms with Crippen molar-refractivity contribution in [1.29, 1.82) is 0 Å². The van der Waals surface area contributed by atoms with Gasteiger partial charge < -0.3 is 4.74 Å². The summed E-state index contributed by atoms with van der Waals surface area (Å²) in [7, 11) is -4.28. The Morgan fingerprint density at radius 3 is 2.61 bits per heavy atom. The zero-order valence-electron chi connectivity index (χ0n) is 21.2. The van der Waals surface area contributed by atoms with Crippen molar-refractivity contribution in [2.75, 3.05) is 6.67 Å². The number of nitrogens with zero attached hydrogens (tertiary/aromatic N) is 2. The highest BCUT2D eigenvalue weighted by Gasteiger charge is 2.66. The molecule has 38 heavy (non-hydrogen) atoms. The normalized spacial score (nSPS) is 26.6. The molecule has 2 aromatic rings. The summed E-state index contributed by atoms with van der Waals surface area (Å²) in [6.07, 6.45) is 1.41. The van der Waals surface area contributed by atoms with Gasteiger partial charge in [0.1, 0.15) is 35.3 Å². The van der Waals surface area contributed by atoms with Crippen LogP contribution in [0.4, 0.5) is 18.0 Å². The number of hydrogen-bond acceptors (Lipinski definition) is 6. The molecular formula is C26H27BrF3N3O4S. The molecule has 4 rings (SSSR count). The fourth-order valence-corrected chi connectivity index (χ4v) is 7.83. The van der Waals surface area contributed by atoms with Crippen molar-refractivity contribution in [3.63, 3.8) is 0 Å². The molecular weight excluding hydrogens is 587 g/mol. The van der Waals surface area contributed by atoms with E-state index in [1.54, 1.807) is 26.8 Å². The maximum atomic E-state index is 15.3. The van der Waals surface area contributed by atoms with E-state index in [0.29, 0.717) is 4.47 Å². The minimum Gasteiger partial charge on any atom is -0.444 e. The number of sulfone groups is 1. The molecule has 7 nitrogen and oxygen atoms in total. The van der Waals surface area contributed by atoms with Crippen LogP contribution in [0.2, 0.25) is 0 Å². The van der Waals surface area contributed by atoms with Gasteiger partial charge in [0, 0.05) is 16.2 Å². The number of halogens is 4. The lowest BCUT2D eigenvalue weighted by atomic mass is 9.86. The Labute approximate surface area is 227 Å². The first kappa shape index (κ1) is 28.3. The second kappa shape index (κ2) is 9.78. The quantitative estimate of drug-likeness (QED) is 0.464. The number of aliphatic imine (C=N–C) groups is 1. The molecule has 1 amide bonds. The Bertz CT molecular complexity index is 1440. The molecule has 2 bridgehead atoms. The lowest BCUT2D eigenvalue weighted by Gasteiger charge is -2.40. The van der Waals surface area contributed by atoms with E-state index >= 15 is 4.39 Å². The number of aromatic nitrogens is 1. The molecule has 1 aromatic carbocycles. The molecule has 0 radical (unpaired) electrons. The number of pyridine rings is 1. The largest absolute Gasteiger partial charge is 0.444 e. The summed E-state index contributed by atoms with van der Waals surface area (Å²) < 4.78 is 75.8. The van der Waals surface area contributed by atoms with Crippen LogP contribution < -0.4 is 5.32 Å². The third-order valence-electron chi connectivity index (χ3n) is 6.77. The molecule has 3 heterocycles. The van der Waals surface area contributed by atoms with Crippen molar-refractivity contribution in [2.24, 2.45) is 4.99 Å². The maximum Gasteiger partial charge on any atom is 0.413 e. The zero-order valence-corrected chi connectivity index (χ0v) is 23.6. The number of fused-ring (bicyclic) bond motifs is 2. The van der Waals surface area contributed by atoms with Crippen molar-refractivity contribution in [1.82, 2.24) is 10.3 Å². The number of carbonyl (C=O) groups excluding carboxylic acids is 1. The van der Waals surface area contributed by atoms with Crippen molar-refractivity contribution >= 4 is 49.6 Å². The first-order valence-corrected chi connectivity index (χ1v) is 14.2. The van der Waals surface area contributed by atoms with Crippen LogP contribution in [0.3, 0.4) is 0 Å². The second-order valence-electron chi connectivity index (χ2n) is 10.5. The number of alkyl carbamates (subject to hydrolysis) is 1. The van der Waals surface area contributed by atoms with E-state index in [0.717, 1.165) is 12.1 Å². The fourth-order valence-electron chi connectivity index (χ4n) is 4.92. The third kappa shape index (κ3) is 4.88. The number of amidine groups is 1. The third-order valence-corrected chi connectivity index (χ3v) is 10.3. The molecule has 0 aliphatic carbocycles. The minimum atomic E-state index is -4.28. The van der Waals surface area contributed by atoms with Gasteiger partial charge in [-0.3, -0.25) is 15.3 Å². The zero-order chi connectivity index (χ0) is 28.1. The maximum absolute atomic E-state index is 15.3. The van der Waals surface area contributed by atoms with Gasteiger partial charge in [0.25, 0.3) is 0 Å². The van der Waals surface area contributed by atoms with E-state index in [1.807, 2.05) is 0 Å². The van der Waals surface area contributed by atoms with Gasteiger partial charge in [-0.25, -0.2) is 26.4 Å². The van der Waals surface area contributed by atoms with E-state index in [1.165, 1.54) is 31.3 Å². The average molecular weight is 614 g/mol. The van der Waals surface area contributed by atoms with Gasteiger partial charge >= 0.3 is 6.09 Å². The first-order chi connectivity index (χ1) is 17.6. The van der Waals surface area contributed by atoms with Crippen LogP contribution >= 0.6 is 15.9 Å². The monoisotopic (exact) mass is 613 g/mol. The smallest absolute Gasteiger partial charge is 0.413 e. The number of amides is 1. The van der Waals surface area contributed by atoms with Crippen LogP contribution in [0.25, 0.3) is 11.9 Å². The summed E-state index contributed by atoms with van der Waals surface area (Å²) in [4.78, 5) is 21.0. The van der Waals surface area contributed by atoms with Crippen LogP contribution in [0.5, 0.6) is 0 Å². The van der Waals surface area contributed by atoms with Crippen molar-refractivity contribution in [3.05, 3.63) is 63.6 Å². The second-order valence-corrected chi connectivity index (χ2v) is 13.9. The van der Waals surface area contributed by atoms with E-state index in [2.05, 4.69) is 31.2 Å². The molecule has 0 unspecified atom stereocenters. The molecule has 1 saturated heterocycles. The highest BCUT2D eigenvalue weighted by atomic mass is 79.9. The van der Waals surface area contributed by atoms with E-state index in [-0.39, 0.29) is 29.7 Å². The fraction of sp³-hybridized carbons (Fsp3) is 0.423. The standard InChI is InChI=1S/C26H27BrF3N3O4S/c1-24(2,3)37-23(34)32-22-26(14-28)10-9-21(38(26,35)36)25(4,33-22)17-11-15(5-7-18(17)29)12-19(30)20-8-6-16(27)13-31-20/h5-8,11-13,21H,9-10,14H2,1-4H3,(H,32,33,34)/b19-12-/t21-,25+,26-/m0/s1. The Balaban J connectivity index is 1.82. The number of hydrogen-bond donors (Lipinski definition) is 1. The first-order valence-electron chi connectivity index (χ1n) is 11.8. The summed E-state index contributed by atoms with van der Waals surface area (Å²) in [6.45, 7) is 4.95. The highest BCUT2D eigenvalue weighted by molar-refractivity contribution is 9.10. The van der Waals surface area contributed by atoms with Gasteiger partial charge in [-0.15, -0.1) is 0 Å². The molecule has 204 valence electrons. The number of rotatable bonds is 4. The molecule has 1 N–H and O–H groups in total. The number of alkyl halides is 1. The van der Waals surface area contributed by atoms with Crippen LogP contribution in [0.15, 0.2) is 46.0 Å². The molecule has 2 aliphatic rings. The lowest BCUT2D eigenvalue weighted by molar-refractivity contribution is 0.0560. The highest BCUT2D eigenvalue weighted by Crippen LogP contribution is 2.52. The number of ether oxygens (including phenoxy) is 1. The molecule has 1 fully saturated rings. The van der Waals surface area contributed by atoms with E-state index in [4.69, 9.17) is 4.74 Å². The minimum absolute atomic E-state index is 0.0115. The van der Waals surface area contributed by atoms with Crippen molar-refractivity contribution in [2.45, 2.75) is 61.7 Å². The average Bonchev–Trinajstić information content (AvgIpc) is 3.01. The Morgan fingerprint density at radius 1 is 1.29 bits per heavy atom. The van der Waals surface area contributed by atoms with Crippen LogP contribution in [0.1, 0.15) is 57.4 Å². The van der Waals surface area contributed by atoms with Gasteiger partial charge in [0.2, 0.25) is 0 Å². The molecule has 12 heteroatoms. The number of nitrogens with one attached hydrogen (secondary N) is 1. The summed E-state index contributed by atoms with van der Waals surface area (Å²) in [5, 5.41) is 1.07. The lowest BCUT2D eigenvalue weighted by Crippen LogP contribution is -2.61. The number of benzene rings is 1. The predicted molar refractivity (Wildman–Crippen MR) is 142 cm³/mol. The van der Waals surface area contributed by atoms with Crippen molar-refractivity contribution in [3.8, 4) is 0 Å². The molecule has 0 saturated carbocycles. The predicted octanol–water partition coefficient (Wildman–Crippen LogP) is 5.89. The molecule has 3 atom stereocenters. The van der Waals surface area contributed by atoms with Gasteiger partial charge in [-0.1, -0.05) is 6.07 Å². The Morgan fingerprint density at radius 2 is 2.00 bits per heavy atom. The molecule has 2 aliphatic heterocycles. The van der Waals surface area contributed by atoms with Gasteiger partial charge in [0.05, 0.1) is 10.9 Å². The number of carbonyl (C=O) groups is 1. The van der Waals surface area contributed by atoms with Crippen LogP contribution in [-0.2, 0) is 20.1 Å². The van der Waals surface area contributed by atoms with Gasteiger partial charge in [-0.05, 0) is 92.4 Å². The molecule has 1 aromatic heterocycles. The van der Waals surface area contributed by atoms with E-state index in [9.17, 15) is 22.0 Å². The van der Waals surface area contributed by atoms with Crippen LogP contribution in [0, 0.1) is 5.82 Å². The van der Waals surface area contributed by atoms with E-state index < -0.39 is 61.2 Å². The SMILES string of the molecule is CC(C)(C)OC(=O)NC1=N[C@](C)(c2cc(/C=C(\F)c3ccc(Br)cn3)ccc2F)[C@@H]2CC[C@@]1(CF)S2(=O)=O. The summed E-state index contributed by atoms with van der Waals surface area (Å²) in [5.74, 6) is -1.90.